The number of nitrogens with zero attached hydrogens (tertiary/aromatic N) is 5. The van der Waals surface area contributed by atoms with Crippen molar-refractivity contribution in [3.05, 3.63) is 47.7 Å². The van der Waals surface area contributed by atoms with Gasteiger partial charge >= 0.3 is 0 Å². The molecule has 4 aromatic rings. The molecule has 0 aliphatic heterocycles. The van der Waals surface area contributed by atoms with Crippen molar-refractivity contribution in [3.8, 4) is 5.88 Å². The van der Waals surface area contributed by atoms with E-state index in [2.05, 4.69) is 19.9 Å². The highest BCUT2D eigenvalue weighted by Crippen LogP contribution is 2.28. The summed E-state index contributed by atoms with van der Waals surface area (Å²) in [5.74, 6) is 1.28. The van der Waals surface area contributed by atoms with Crippen LogP contribution in [-0.4, -0.2) is 40.0 Å². The second-order valence-electron chi connectivity index (χ2n) is 6.39. The van der Waals surface area contributed by atoms with Gasteiger partial charge < -0.3 is 9.30 Å². The predicted octanol–water partition coefficient (Wildman–Crippen LogP) is 1.70. The number of pyridine rings is 3. The quantitative estimate of drug-likeness (QED) is 0.554. The lowest BCUT2D eigenvalue weighted by atomic mass is 10.2. The molecule has 4 heterocycles. The molecule has 10 heteroatoms. The Bertz CT molecular complexity index is 1310. The Morgan fingerprint density at radius 3 is 2.54 bits per heavy atom. The van der Waals surface area contributed by atoms with Crippen molar-refractivity contribution in [1.29, 1.82) is 0 Å². The lowest BCUT2D eigenvalue weighted by Crippen LogP contribution is -2.13. The molecule has 28 heavy (non-hydrogen) atoms. The number of ether oxygens (including phenoxy) is 1. The summed E-state index contributed by atoms with van der Waals surface area (Å²) >= 11 is 0. The van der Waals surface area contributed by atoms with E-state index in [-0.39, 0.29) is 4.90 Å². The zero-order valence-corrected chi connectivity index (χ0v) is 16.4. The van der Waals surface area contributed by atoms with Crippen LogP contribution in [0.5, 0.6) is 5.88 Å². The zero-order chi connectivity index (χ0) is 20.1. The van der Waals surface area contributed by atoms with Crippen LogP contribution in [0, 0.1) is 13.8 Å². The second kappa shape index (κ2) is 6.50. The third-order valence-corrected chi connectivity index (χ3v) is 5.43. The van der Waals surface area contributed by atoms with Crippen molar-refractivity contribution in [1.82, 2.24) is 24.5 Å². The maximum atomic E-state index is 11.4. The normalized spacial score (nSPS) is 12.0. The smallest absolute Gasteiger partial charge is 0.239 e. The molecule has 0 aromatic carbocycles. The third kappa shape index (κ3) is 3.06. The number of aromatic nitrogens is 5. The van der Waals surface area contributed by atoms with Crippen LogP contribution in [0.3, 0.4) is 0 Å². The fraction of sp³-hybridized carbons (Fsp3) is 0.222. The van der Waals surface area contributed by atoms with Crippen molar-refractivity contribution < 1.29 is 13.2 Å². The molecular weight excluding hydrogens is 380 g/mol. The maximum absolute atomic E-state index is 11.4. The molecule has 4 rings (SSSR count). The summed E-state index contributed by atoms with van der Waals surface area (Å²) in [5.41, 5.74) is 3.70. The molecule has 0 atom stereocenters. The Morgan fingerprint density at radius 1 is 1.11 bits per heavy atom. The Balaban J connectivity index is 1.88. The summed E-state index contributed by atoms with van der Waals surface area (Å²) < 4.78 is 30.1. The van der Waals surface area contributed by atoms with E-state index in [1.54, 1.807) is 19.2 Å². The number of imidazole rings is 1. The minimum Gasteiger partial charge on any atom is -0.481 e. The molecule has 0 aliphatic rings. The Labute approximate surface area is 161 Å². The van der Waals surface area contributed by atoms with Gasteiger partial charge in [-0.1, -0.05) is 0 Å². The predicted molar refractivity (Wildman–Crippen MR) is 104 cm³/mol. The summed E-state index contributed by atoms with van der Waals surface area (Å²) in [6.07, 6.45) is 1.26. The van der Waals surface area contributed by atoms with Crippen LogP contribution in [0.2, 0.25) is 0 Å². The maximum Gasteiger partial charge on any atom is 0.239 e. The van der Waals surface area contributed by atoms with E-state index in [1.165, 1.54) is 12.3 Å². The van der Waals surface area contributed by atoms with E-state index >= 15 is 0 Å². The standard InChI is InChI=1S/C18H18N6O3S/c1-10-16-17(14-6-7-15(27-3)23-18(14)21-10)24(11(2)22-16)9-12-4-5-13(8-20-12)28(19,25)26/h4-8H,9H2,1-3H3,(H2,19,25,26). The van der Waals surface area contributed by atoms with Gasteiger partial charge in [0.05, 0.1) is 30.6 Å². The van der Waals surface area contributed by atoms with E-state index in [0.717, 1.165) is 27.9 Å². The summed E-state index contributed by atoms with van der Waals surface area (Å²) in [4.78, 5) is 17.9. The van der Waals surface area contributed by atoms with Gasteiger partial charge in [-0.3, -0.25) is 4.98 Å². The molecule has 144 valence electrons. The fourth-order valence-electron chi connectivity index (χ4n) is 3.14. The number of fused-ring (bicyclic) bond motifs is 3. The molecule has 0 fully saturated rings. The minimum atomic E-state index is -3.78. The van der Waals surface area contributed by atoms with Gasteiger partial charge in [0.2, 0.25) is 15.9 Å². The number of aryl methyl sites for hydroxylation is 2. The van der Waals surface area contributed by atoms with Crippen LogP contribution < -0.4 is 9.88 Å². The second-order valence-corrected chi connectivity index (χ2v) is 7.96. The van der Waals surface area contributed by atoms with Crippen molar-refractivity contribution in [2.45, 2.75) is 25.3 Å². The van der Waals surface area contributed by atoms with E-state index < -0.39 is 10.0 Å². The van der Waals surface area contributed by atoms with Gasteiger partial charge in [0.25, 0.3) is 0 Å². The zero-order valence-electron chi connectivity index (χ0n) is 15.5. The van der Waals surface area contributed by atoms with Gasteiger partial charge in [-0.05, 0) is 32.0 Å². The average Bonchev–Trinajstić information content (AvgIpc) is 2.98. The monoisotopic (exact) mass is 398 g/mol. The van der Waals surface area contributed by atoms with Gasteiger partial charge in [0.1, 0.15) is 16.2 Å². The Kier molecular flexibility index (Phi) is 4.24. The number of rotatable bonds is 4. The van der Waals surface area contributed by atoms with Crippen molar-refractivity contribution in [3.63, 3.8) is 0 Å². The lowest BCUT2D eigenvalue weighted by molar-refractivity contribution is 0.399. The Morgan fingerprint density at radius 2 is 1.89 bits per heavy atom. The molecule has 0 saturated carbocycles. The largest absolute Gasteiger partial charge is 0.481 e. The molecular formula is C18H18N6O3S. The van der Waals surface area contributed by atoms with Crippen LogP contribution >= 0.6 is 0 Å². The molecule has 0 radical (unpaired) electrons. The van der Waals surface area contributed by atoms with Crippen LogP contribution in [-0.2, 0) is 16.6 Å². The summed E-state index contributed by atoms with van der Waals surface area (Å²) in [5, 5.41) is 5.99. The van der Waals surface area contributed by atoms with E-state index in [9.17, 15) is 8.42 Å². The number of nitrogens with two attached hydrogens (primary N) is 1. The fourth-order valence-corrected chi connectivity index (χ4v) is 3.60. The van der Waals surface area contributed by atoms with E-state index in [1.807, 2.05) is 24.5 Å². The molecule has 0 aliphatic carbocycles. The van der Waals surface area contributed by atoms with Crippen LogP contribution in [0.4, 0.5) is 0 Å². The van der Waals surface area contributed by atoms with Gasteiger partial charge in [0.15, 0.2) is 5.65 Å². The van der Waals surface area contributed by atoms with Crippen LogP contribution in [0.25, 0.3) is 22.1 Å². The molecule has 2 N–H and O–H groups in total. The first-order chi connectivity index (χ1) is 13.3. The van der Waals surface area contributed by atoms with Crippen molar-refractivity contribution >= 4 is 32.1 Å². The van der Waals surface area contributed by atoms with Gasteiger partial charge in [-0.25, -0.2) is 23.5 Å². The topological polar surface area (TPSA) is 126 Å². The van der Waals surface area contributed by atoms with Gasteiger partial charge in [-0.15, -0.1) is 0 Å². The highest BCUT2D eigenvalue weighted by atomic mass is 32.2. The Hall–Kier alpha value is -3.11. The molecule has 0 saturated heterocycles. The third-order valence-electron chi connectivity index (χ3n) is 4.53. The molecule has 4 aromatic heterocycles. The van der Waals surface area contributed by atoms with Crippen LogP contribution in [0.1, 0.15) is 17.2 Å². The first-order valence-electron chi connectivity index (χ1n) is 8.44. The summed E-state index contributed by atoms with van der Waals surface area (Å²) in [6.45, 7) is 4.21. The molecule has 9 nitrogen and oxygen atoms in total. The van der Waals surface area contributed by atoms with Gasteiger partial charge in [-0.2, -0.15) is 4.98 Å². The SMILES string of the molecule is COc1ccc2c(n1)nc(C)c1nc(C)n(Cc3ccc(S(N)(=O)=O)cn3)c12. The molecule has 0 spiro atoms. The van der Waals surface area contributed by atoms with E-state index in [4.69, 9.17) is 9.88 Å². The number of hydrogen-bond donors (Lipinski definition) is 1. The van der Waals surface area contributed by atoms with Crippen molar-refractivity contribution in [2.75, 3.05) is 7.11 Å². The number of primary sulfonamides is 1. The minimum absolute atomic E-state index is 0.0229. The lowest BCUT2D eigenvalue weighted by Gasteiger charge is -2.10. The number of sulfonamides is 1. The molecule has 0 amide bonds. The van der Waals surface area contributed by atoms with Gasteiger partial charge in [0, 0.05) is 17.6 Å². The summed E-state index contributed by atoms with van der Waals surface area (Å²) in [7, 11) is -2.22. The summed E-state index contributed by atoms with van der Waals surface area (Å²) in [6, 6.07) is 6.78. The highest BCUT2D eigenvalue weighted by molar-refractivity contribution is 7.89. The van der Waals surface area contributed by atoms with E-state index in [0.29, 0.717) is 23.8 Å². The first kappa shape index (κ1) is 18.3. The number of hydrogen-bond acceptors (Lipinski definition) is 7. The molecule has 0 bridgehead atoms. The molecule has 0 unspecified atom stereocenters. The highest BCUT2D eigenvalue weighted by Gasteiger charge is 2.17. The van der Waals surface area contributed by atoms with Crippen LogP contribution in [0.15, 0.2) is 35.4 Å². The first-order valence-corrected chi connectivity index (χ1v) is 9.98. The van der Waals surface area contributed by atoms with Crippen molar-refractivity contribution in [2.24, 2.45) is 5.14 Å². The average molecular weight is 398 g/mol. The number of methoxy groups -OCH3 is 1.